The molecule has 0 amide bonds. The Labute approximate surface area is 73.0 Å². The summed E-state index contributed by atoms with van der Waals surface area (Å²) in [5.74, 6) is -0.664. The molecule has 0 unspecified atom stereocenters. The topological polar surface area (TPSA) is 61.8 Å². The van der Waals surface area contributed by atoms with Crippen molar-refractivity contribution in [2.45, 2.75) is 0 Å². The van der Waals surface area contributed by atoms with E-state index in [4.69, 9.17) is 0 Å². The minimum atomic E-state index is -0.520. The van der Waals surface area contributed by atoms with E-state index in [0.717, 1.165) is 0 Å². The second-order valence-electron chi connectivity index (χ2n) is 2.49. The van der Waals surface area contributed by atoms with Crippen LogP contribution in [0.15, 0.2) is 24.4 Å². The van der Waals surface area contributed by atoms with E-state index in [2.05, 4.69) is 15.4 Å². The molecule has 0 bridgehead atoms. The normalized spacial score (nSPS) is 10.2. The third-order valence-corrected chi connectivity index (χ3v) is 1.66. The number of hydrogen-bond donors (Lipinski definition) is 2. The van der Waals surface area contributed by atoms with Gasteiger partial charge in [-0.3, -0.25) is 0 Å². The van der Waals surface area contributed by atoms with Gasteiger partial charge in [-0.1, -0.05) is 6.07 Å². The van der Waals surface area contributed by atoms with Gasteiger partial charge in [-0.2, -0.15) is 15.4 Å². The molecule has 13 heavy (non-hydrogen) atoms. The van der Waals surface area contributed by atoms with Crippen LogP contribution in [0.3, 0.4) is 0 Å². The number of rotatable bonds is 1. The van der Waals surface area contributed by atoms with Crippen molar-refractivity contribution in [3.63, 3.8) is 0 Å². The first-order valence-electron chi connectivity index (χ1n) is 3.62. The van der Waals surface area contributed by atoms with Crippen LogP contribution in [0.1, 0.15) is 0 Å². The van der Waals surface area contributed by atoms with E-state index < -0.39 is 5.82 Å². The summed E-state index contributed by atoms with van der Waals surface area (Å²) >= 11 is 0. The first-order valence-corrected chi connectivity index (χ1v) is 3.62. The molecule has 0 fully saturated rings. The van der Waals surface area contributed by atoms with Gasteiger partial charge in [0.25, 0.3) is 0 Å². The summed E-state index contributed by atoms with van der Waals surface area (Å²) in [6, 6.07) is 4.07. The Morgan fingerprint density at radius 2 is 2.23 bits per heavy atom. The van der Waals surface area contributed by atoms with Gasteiger partial charge in [0, 0.05) is 0 Å². The molecule has 1 aromatic carbocycles. The van der Waals surface area contributed by atoms with E-state index in [0.29, 0.717) is 0 Å². The molecular weight excluding hydrogens is 173 g/mol. The van der Waals surface area contributed by atoms with E-state index in [9.17, 15) is 9.50 Å². The lowest BCUT2D eigenvalue weighted by Crippen LogP contribution is -1.85. The van der Waals surface area contributed by atoms with Crippen LogP contribution in [0, 0.1) is 5.82 Å². The van der Waals surface area contributed by atoms with Crippen LogP contribution in [-0.2, 0) is 0 Å². The van der Waals surface area contributed by atoms with Gasteiger partial charge >= 0.3 is 0 Å². The Balaban J connectivity index is 2.64. The van der Waals surface area contributed by atoms with Gasteiger partial charge in [-0.25, -0.2) is 4.39 Å². The molecule has 2 rings (SSSR count). The minimum Gasteiger partial charge on any atom is -0.507 e. The highest BCUT2D eigenvalue weighted by molar-refractivity contribution is 5.66. The third kappa shape index (κ3) is 1.24. The number of hydrogen-bond acceptors (Lipinski definition) is 3. The fourth-order valence-electron chi connectivity index (χ4n) is 1.09. The van der Waals surface area contributed by atoms with Crippen molar-refractivity contribution < 1.29 is 9.50 Å². The molecule has 1 aromatic heterocycles. The molecule has 0 aliphatic rings. The molecule has 5 heteroatoms. The van der Waals surface area contributed by atoms with Gasteiger partial charge in [0.1, 0.15) is 17.3 Å². The number of nitrogens with zero attached hydrogens (tertiary/aromatic N) is 2. The number of phenols is 1. The van der Waals surface area contributed by atoms with Gasteiger partial charge in [0.15, 0.2) is 0 Å². The zero-order chi connectivity index (χ0) is 9.26. The Kier molecular flexibility index (Phi) is 1.70. The lowest BCUT2D eigenvalue weighted by atomic mass is 10.1. The molecule has 0 aliphatic carbocycles. The lowest BCUT2D eigenvalue weighted by Gasteiger charge is -2.00. The molecule has 66 valence electrons. The summed E-state index contributed by atoms with van der Waals surface area (Å²) < 4.78 is 13.2. The first kappa shape index (κ1) is 7.72. The highest BCUT2D eigenvalue weighted by Crippen LogP contribution is 2.28. The number of aromatic amines is 1. The Bertz CT molecular complexity index is 393. The smallest absolute Gasteiger partial charge is 0.136 e. The van der Waals surface area contributed by atoms with Crippen molar-refractivity contribution in [3.05, 3.63) is 30.2 Å². The molecule has 2 N–H and O–H groups in total. The summed E-state index contributed by atoms with van der Waals surface area (Å²) in [6.45, 7) is 0. The van der Waals surface area contributed by atoms with Crippen LogP contribution in [-0.4, -0.2) is 20.5 Å². The number of phenolic OH excluding ortho intramolecular Hbond substituents is 1. The fourth-order valence-corrected chi connectivity index (χ4v) is 1.09. The third-order valence-electron chi connectivity index (χ3n) is 1.66. The van der Waals surface area contributed by atoms with Crippen LogP contribution in [0.4, 0.5) is 4.39 Å². The molecule has 0 aliphatic heterocycles. The summed E-state index contributed by atoms with van der Waals surface area (Å²) in [4.78, 5) is 0. The average molecular weight is 179 g/mol. The van der Waals surface area contributed by atoms with E-state index >= 15 is 0 Å². The fraction of sp³-hybridized carbons (Fsp3) is 0. The summed E-state index contributed by atoms with van der Waals surface area (Å²) in [7, 11) is 0. The number of benzene rings is 1. The largest absolute Gasteiger partial charge is 0.507 e. The van der Waals surface area contributed by atoms with E-state index in [1.807, 2.05) is 0 Å². The monoisotopic (exact) mass is 179 g/mol. The maximum absolute atomic E-state index is 13.2. The lowest BCUT2D eigenvalue weighted by molar-refractivity contribution is 0.471. The minimum absolute atomic E-state index is 0.0660. The number of nitrogens with one attached hydrogen (secondary N) is 1. The van der Waals surface area contributed by atoms with Crippen molar-refractivity contribution in [1.82, 2.24) is 15.4 Å². The van der Waals surface area contributed by atoms with Crippen molar-refractivity contribution >= 4 is 0 Å². The molecule has 4 nitrogen and oxygen atoms in total. The molecule has 0 saturated heterocycles. The Morgan fingerprint density at radius 3 is 2.85 bits per heavy atom. The van der Waals surface area contributed by atoms with Crippen molar-refractivity contribution in [1.29, 1.82) is 0 Å². The van der Waals surface area contributed by atoms with Gasteiger partial charge in [0.2, 0.25) is 0 Å². The van der Waals surface area contributed by atoms with Gasteiger partial charge in [-0.05, 0) is 12.1 Å². The second kappa shape index (κ2) is 2.85. The van der Waals surface area contributed by atoms with Crippen molar-refractivity contribution in [2.75, 3.05) is 0 Å². The number of halogens is 1. The summed E-state index contributed by atoms with van der Waals surface area (Å²) in [5.41, 5.74) is 0.354. The molecule has 0 saturated carbocycles. The SMILES string of the molecule is Oc1cccc(F)c1-c1cn[nH]n1. The molecule has 0 radical (unpaired) electrons. The van der Waals surface area contributed by atoms with Crippen molar-refractivity contribution in [2.24, 2.45) is 0 Å². The highest BCUT2D eigenvalue weighted by atomic mass is 19.1. The molecule has 1 heterocycles. The summed E-state index contributed by atoms with van der Waals surface area (Å²) in [6.07, 6.45) is 1.35. The van der Waals surface area contributed by atoms with Crippen LogP contribution in [0.5, 0.6) is 5.75 Å². The van der Waals surface area contributed by atoms with E-state index in [1.54, 1.807) is 0 Å². The molecule has 2 aromatic rings. The van der Waals surface area contributed by atoms with Crippen LogP contribution in [0.25, 0.3) is 11.3 Å². The predicted octanol–water partition coefficient (Wildman–Crippen LogP) is 1.32. The van der Waals surface area contributed by atoms with Crippen LogP contribution < -0.4 is 0 Å². The zero-order valence-electron chi connectivity index (χ0n) is 6.53. The average Bonchev–Trinajstić information content (AvgIpc) is 2.57. The maximum Gasteiger partial charge on any atom is 0.136 e. The number of aromatic nitrogens is 3. The number of H-pyrrole nitrogens is 1. The Hall–Kier alpha value is -1.91. The molecule has 0 atom stereocenters. The van der Waals surface area contributed by atoms with Crippen molar-refractivity contribution in [3.8, 4) is 17.0 Å². The molecular formula is C8H6FN3O. The van der Waals surface area contributed by atoms with Crippen LogP contribution in [0.2, 0.25) is 0 Å². The maximum atomic E-state index is 13.2. The van der Waals surface area contributed by atoms with Gasteiger partial charge < -0.3 is 5.11 Å². The van der Waals surface area contributed by atoms with E-state index in [-0.39, 0.29) is 17.0 Å². The van der Waals surface area contributed by atoms with Crippen LogP contribution >= 0.6 is 0 Å². The Morgan fingerprint density at radius 1 is 1.38 bits per heavy atom. The standard InChI is InChI=1S/C8H6FN3O/c9-5-2-1-3-7(13)8(5)6-4-10-12-11-6/h1-4,13H,(H,10,11,12). The summed E-state index contributed by atoms with van der Waals surface area (Å²) in [5, 5.41) is 18.9. The quantitative estimate of drug-likeness (QED) is 0.693. The first-order chi connectivity index (χ1) is 6.29. The van der Waals surface area contributed by atoms with Gasteiger partial charge in [0.05, 0.1) is 11.8 Å². The van der Waals surface area contributed by atoms with E-state index in [1.165, 1.54) is 24.4 Å². The zero-order valence-corrected chi connectivity index (χ0v) is 6.53. The number of aromatic hydroxyl groups is 1. The molecule has 0 spiro atoms. The van der Waals surface area contributed by atoms with Gasteiger partial charge in [-0.15, -0.1) is 0 Å². The predicted molar refractivity (Wildman–Crippen MR) is 43.4 cm³/mol. The second-order valence-corrected chi connectivity index (χ2v) is 2.49. The highest BCUT2D eigenvalue weighted by Gasteiger charge is 2.11.